The van der Waals surface area contributed by atoms with Crippen LogP contribution in [0.3, 0.4) is 0 Å². The van der Waals surface area contributed by atoms with E-state index in [0.717, 1.165) is 34.0 Å². The lowest BCUT2D eigenvalue weighted by atomic mass is 10.2. The standard InChI is InChI=1S/C12H16BrN3O2S/c1-16(2)8-5-9-10(18-7-17-9)6-11(8)19-12(14)15-4-3-13/h5-6H,3-4,7H2,1-2H3,(H2,14,15). The molecule has 7 heteroatoms. The van der Waals surface area contributed by atoms with E-state index in [4.69, 9.17) is 14.9 Å². The number of nitrogens with zero attached hydrogens (tertiary/aromatic N) is 1. The van der Waals surface area contributed by atoms with E-state index in [1.165, 1.54) is 11.8 Å². The van der Waals surface area contributed by atoms with E-state index in [9.17, 15) is 0 Å². The average Bonchev–Trinajstić information content (AvgIpc) is 2.82. The fourth-order valence-corrected chi connectivity index (χ4v) is 2.76. The van der Waals surface area contributed by atoms with Gasteiger partial charge in [-0.15, -0.1) is 0 Å². The van der Waals surface area contributed by atoms with E-state index in [2.05, 4.69) is 21.2 Å². The minimum absolute atomic E-state index is 0.260. The van der Waals surface area contributed by atoms with Crippen molar-refractivity contribution in [3.8, 4) is 11.5 Å². The van der Waals surface area contributed by atoms with Crippen LogP contribution in [0, 0.1) is 5.41 Å². The molecule has 0 saturated heterocycles. The van der Waals surface area contributed by atoms with Crippen molar-refractivity contribution in [2.45, 2.75) is 4.90 Å². The van der Waals surface area contributed by atoms with Crippen LogP contribution in [0.4, 0.5) is 5.69 Å². The molecule has 1 aliphatic rings. The summed E-state index contributed by atoms with van der Waals surface area (Å²) < 4.78 is 10.8. The number of benzene rings is 1. The van der Waals surface area contributed by atoms with Crippen molar-refractivity contribution in [3.63, 3.8) is 0 Å². The number of hydrogen-bond donors (Lipinski definition) is 2. The molecular weight excluding hydrogens is 330 g/mol. The SMILES string of the molecule is CN(C)c1cc2c(cc1SC(=N)NCCBr)OCO2. The molecule has 0 aliphatic carbocycles. The van der Waals surface area contributed by atoms with Crippen LogP contribution in [0.2, 0.25) is 0 Å². The van der Waals surface area contributed by atoms with Crippen molar-refractivity contribution < 1.29 is 9.47 Å². The van der Waals surface area contributed by atoms with Gasteiger partial charge in [-0.25, -0.2) is 0 Å². The Morgan fingerprint density at radius 2 is 2.11 bits per heavy atom. The molecule has 1 aromatic rings. The highest BCUT2D eigenvalue weighted by molar-refractivity contribution is 9.09. The van der Waals surface area contributed by atoms with Crippen molar-refractivity contribution in [2.24, 2.45) is 0 Å². The number of thioether (sulfide) groups is 1. The Hall–Kier alpha value is -1.08. The molecule has 19 heavy (non-hydrogen) atoms. The highest BCUT2D eigenvalue weighted by Gasteiger charge is 2.19. The third-order valence-corrected chi connectivity index (χ3v) is 3.82. The molecule has 2 rings (SSSR count). The van der Waals surface area contributed by atoms with Crippen molar-refractivity contribution in [1.29, 1.82) is 5.41 Å². The van der Waals surface area contributed by atoms with Crippen molar-refractivity contribution in [1.82, 2.24) is 5.32 Å². The van der Waals surface area contributed by atoms with Gasteiger partial charge in [-0.2, -0.15) is 0 Å². The number of ether oxygens (including phenoxy) is 2. The molecule has 0 aromatic heterocycles. The minimum atomic E-state index is 0.260. The Morgan fingerprint density at radius 3 is 2.74 bits per heavy atom. The van der Waals surface area contributed by atoms with E-state index in [-0.39, 0.29) is 6.79 Å². The second-order valence-corrected chi connectivity index (χ2v) is 5.96. The summed E-state index contributed by atoms with van der Waals surface area (Å²) in [6.45, 7) is 0.989. The Kier molecular flexibility index (Phi) is 4.81. The van der Waals surface area contributed by atoms with Crippen molar-refractivity contribution >= 4 is 38.5 Å². The molecule has 5 nitrogen and oxygen atoms in total. The van der Waals surface area contributed by atoms with Gasteiger partial charge in [-0.3, -0.25) is 5.41 Å². The van der Waals surface area contributed by atoms with Crippen molar-refractivity contribution in [2.75, 3.05) is 37.7 Å². The fraction of sp³-hybridized carbons (Fsp3) is 0.417. The first-order chi connectivity index (χ1) is 9.11. The maximum absolute atomic E-state index is 7.90. The Balaban J connectivity index is 2.20. The number of alkyl halides is 1. The summed E-state index contributed by atoms with van der Waals surface area (Å²) in [5.41, 5.74) is 1.01. The van der Waals surface area contributed by atoms with Crippen LogP contribution in [0.1, 0.15) is 0 Å². The summed E-state index contributed by atoms with van der Waals surface area (Å²) in [5, 5.41) is 12.2. The third-order valence-electron chi connectivity index (χ3n) is 2.53. The van der Waals surface area contributed by atoms with E-state index in [1.807, 2.05) is 31.1 Å². The van der Waals surface area contributed by atoms with Gasteiger partial charge in [-0.1, -0.05) is 27.7 Å². The van der Waals surface area contributed by atoms with Crippen LogP contribution in [0.15, 0.2) is 17.0 Å². The topological polar surface area (TPSA) is 57.6 Å². The van der Waals surface area contributed by atoms with E-state index in [0.29, 0.717) is 5.17 Å². The first-order valence-electron chi connectivity index (χ1n) is 5.79. The molecule has 0 amide bonds. The number of fused-ring (bicyclic) bond motifs is 1. The zero-order chi connectivity index (χ0) is 13.8. The zero-order valence-corrected chi connectivity index (χ0v) is 13.2. The van der Waals surface area contributed by atoms with Crippen LogP contribution < -0.4 is 19.7 Å². The summed E-state index contributed by atoms with van der Waals surface area (Å²) in [6, 6.07) is 3.87. The number of halogens is 1. The van der Waals surface area contributed by atoms with Crippen LogP contribution >= 0.6 is 27.7 Å². The van der Waals surface area contributed by atoms with Crippen LogP contribution in [0.5, 0.6) is 11.5 Å². The van der Waals surface area contributed by atoms with Gasteiger partial charge in [0.05, 0.1) is 5.69 Å². The number of hydrogen-bond acceptors (Lipinski definition) is 5. The second-order valence-electron chi connectivity index (χ2n) is 4.11. The molecule has 0 bridgehead atoms. The zero-order valence-electron chi connectivity index (χ0n) is 10.8. The lowest BCUT2D eigenvalue weighted by Gasteiger charge is -2.18. The predicted octanol–water partition coefficient (Wildman–Crippen LogP) is 2.49. The first-order valence-corrected chi connectivity index (χ1v) is 7.73. The molecule has 0 fully saturated rings. The van der Waals surface area contributed by atoms with Gasteiger partial charge >= 0.3 is 0 Å². The van der Waals surface area contributed by atoms with E-state index in [1.54, 1.807) is 0 Å². The fourth-order valence-electron chi connectivity index (χ4n) is 1.65. The Bertz CT molecular complexity index is 482. The second kappa shape index (κ2) is 6.38. The van der Waals surface area contributed by atoms with Crippen LogP contribution in [0.25, 0.3) is 0 Å². The maximum Gasteiger partial charge on any atom is 0.231 e. The molecule has 0 radical (unpaired) electrons. The van der Waals surface area contributed by atoms with Gasteiger partial charge in [-0.05, 0) is 0 Å². The monoisotopic (exact) mass is 345 g/mol. The number of rotatable bonds is 4. The third kappa shape index (κ3) is 3.48. The van der Waals surface area contributed by atoms with Crippen LogP contribution in [-0.4, -0.2) is 37.9 Å². The summed E-state index contributed by atoms with van der Waals surface area (Å²) in [4.78, 5) is 2.98. The quantitative estimate of drug-likeness (QED) is 0.380. The molecule has 104 valence electrons. The summed E-state index contributed by atoms with van der Waals surface area (Å²) in [7, 11) is 3.94. The molecule has 2 N–H and O–H groups in total. The first kappa shape index (κ1) is 14.3. The number of anilines is 1. The van der Waals surface area contributed by atoms with E-state index < -0.39 is 0 Å². The van der Waals surface area contributed by atoms with Gasteiger partial charge in [0.15, 0.2) is 16.7 Å². The average molecular weight is 346 g/mol. The lowest BCUT2D eigenvalue weighted by Crippen LogP contribution is -2.21. The molecule has 1 aliphatic heterocycles. The highest BCUT2D eigenvalue weighted by atomic mass is 79.9. The van der Waals surface area contributed by atoms with Gasteiger partial charge in [0.25, 0.3) is 0 Å². The molecular formula is C12H16BrN3O2S. The summed E-state index contributed by atoms with van der Waals surface area (Å²) in [6.07, 6.45) is 0. The summed E-state index contributed by atoms with van der Waals surface area (Å²) in [5.74, 6) is 1.49. The largest absolute Gasteiger partial charge is 0.454 e. The molecule has 1 heterocycles. The maximum atomic E-state index is 7.90. The summed E-state index contributed by atoms with van der Waals surface area (Å²) >= 11 is 4.71. The Labute approximate surface area is 125 Å². The molecule has 0 saturated carbocycles. The number of nitrogens with one attached hydrogen (secondary N) is 2. The smallest absolute Gasteiger partial charge is 0.231 e. The highest BCUT2D eigenvalue weighted by Crippen LogP contribution is 2.41. The van der Waals surface area contributed by atoms with Gasteiger partial charge in [0, 0.05) is 43.0 Å². The normalized spacial score (nSPS) is 12.4. The predicted molar refractivity (Wildman–Crippen MR) is 82.3 cm³/mol. The molecule has 0 unspecified atom stereocenters. The van der Waals surface area contributed by atoms with Crippen molar-refractivity contribution in [3.05, 3.63) is 12.1 Å². The van der Waals surface area contributed by atoms with Crippen LogP contribution in [-0.2, 0) is 0 Å². The number of amidine groups is 1. The molecule has 0 spiro atoms. The Morgan fingerprint density at radius 1 is 1.42 bits per heavy atom. The van der Waals surface area contributed by atoms with Gasteiger partial charge in [0.1, 0.15) is 0 Å². The minimum Gasteiger partial charge on any atom is -0.454 e. The lowest BCUT2D eigenvalue weighted by molar-refractivity contribution is 0.174. The molecule has 1 aromatic carbocycles. The van der Waals surface area contributed by atoms with Gasteiger partial charge in [0.2, 0.25) is 6.79 Å². The molecule has 0 atom stereocenters. The van der Waals surface area contributed by atoms with Gasteiger partial charge < -0.3 is 19.7 Å². The van der Waals surface area contributed by atoms with E-state index >= 15 is 0 Å².